The predicted molar refractivity (Wildman–Crippen MR) is 124 cm³/mol. The number of hydrogen-bond acceptors (Lipinski definition) is 6. The second kappa shape index (κ2) is 8.26. The molecule has 0 saturated carbocycles. The van der Waals surface area contributed by atoms with E-state index in [1.165, 1.54) is 27.3 Å². The number of carbonyl (C=O) groups excluding carboxylic acids is 1. The van der Waals surface area contributed by atoms with Gasteiger partial charge in [0.2, 0.25) is 0 Å². The van der Waals surface area contributed by atoms with E-state index in [-0.39, 0.29) is 17.5 Å². The Balaban J connectivity index is 1.51. The van der Waals surface area contributed by atoms with E-state index >= 15 is 0 Å². The Kier molecular flexibility index (Phi) is 5.66. The summed E-state index contributed by atoms with van der Waals surface area (Å²) in [4.78, 5) is 33.0. The van der Waals surface area contributed by atoms with Crippen LogP contribution in [0.3, 0.4) is 0 Å². The van der Waals surface area contributed by atoms with Crippen LogP contribution in [0.2, 0.25) is 0 Å². The van der Waals surface area contributed by atoms with Crippen molar-refractivity contribution in [2.75, 3.05) is 18.0 Å². The van der Waals surface area contributed by atoms with Crippen molar-refractivity contribution < 1.29 is 4.79 Å². The summed E-state index contributed by atoms with van der Waals surface area (Å²) in [6, 6.07) is 8.60. The van der Waals surface area contributed by atoms with Gasteiger partial charge in [-0.15, -0.1) is 11.3 Å². The molecular formula is C23H27N5O2S. The van der Waals surface area contributed by atoms with E-state index in [0.717, 1.165) is 24.2 Å². The standard InChI is InChI=1S/C23H27N5O2S/c1-13(28-11-10-17-8-6-7-9-18(17)28)12-24-21(29)20-16(4)25-22(31-20)19-14(2)15(3)26-27(5)23(19)30/h6-9,13H,10-12H2,1-5H3,(H,24,29)/t13-/m0/s1. The minimum absolute atomic E-state index is 0.152. The molecule has 1 aromatic carbocycles. The zero-order chi connectivity index (χ0) is 22.3. The van der Waals surface area contributed by atoms with Crippen molar-refractivity contribution in [3.63, 3.8) is 0 Å². The molecular weight excluding hydrogens is 410 g/mol. The van der Waals surface area contributed by atoms with E-state index < -0.39 is 0 Å². The second-order valence-corrected chi connectivity index (χ2v) is 9.08. The van der Waals surface area contributed by atoms with Crippen molar-refractivity contribution in [1.29, 1.82) is 0 Å². The van der Waals surface area contributed by atoms with E-state index in [0.29, 0.717) is 27.7 Å². The third kappa shape index (κ3) is 3.87. The summed E-state index contributed by atoms with van der Waals surface area (Å²) in [5.74, 6) is -0.152. The minimum atomic E-state index is -0.204. The molecule has 162 valence electrons. The third-order valence-electron chi connectivity index (χ3n) is 5.96. The van der Waals surface area contributed by atoms with Crippen molar-refractivity contribution in [2.24, 2.45) is 7.05 Å². The lowest BCUT2D eigenvalue weighted by Gasteiger charge is -2.27. The molecule has 0 saturated heterocycles. The average molecular weight is 438 g/mol. The maximum atomic E-state index is 12.9. The fraction of sp³-hybridized carbons (Fsp3) is 0.391. The van der Waals surface area contributed by atoms with Gasteiger partial charge in [0.1, 0.15) is 9.88 Å². The summed E-state index contributed by atoms with van der Waals surface area (Å²) >= 11 is 1.26. The topological polar surface area (TPSA) is 80.1 Å². The van der Waals surface area contributed by atoms with Gasteiger partial charge >= 0.3 is 0 Å². The molecule has 2 aromatic heterocycles. The molecule has 7 nitrogen and oxygen atoms in total. The highest BCUT2D eigenvalue weighted by Crippen LogP contribution is 2.30. The van der Waals surface area contributed by atoms with Crippen LogP contribution in [0.15, 0.2) is 29.1 Å². The third-order valence-corrected chi connectivity index (χ3v) is 7.13. The van der Waals surface area contributed by atoms with Crippen LogP contribution in [-0.4, -0.2) is 39.8 Å². The SMILES string of the molecule is Cc1nc(-c2c(C)c(C)nn(C)c2=O)sc1C(=O)NC[C@H](C)N1CCc2ccccc21. The lowest BCUT2D eigenvalue weighted by molar-refractivity contribution is 0.0955. The molecule has 1 aliphatic rings. The monoisotopic (exact) mass is 437 g/mol. The van der Waals surface area contributed by atoms with Crippen LogP contribution < -0.4 is 15.8 Å². The summed E-state index contributed by atoms with van der Waals surface area (Å²) in [7, 11) is 1.63. The zero-order valence-electron chi connectivity index (χ0n) is 18.5. The average Bonchev–Trinajstić information content (AvgIpc) is 3.34. The van der Waals surface area contributed by atoms with E-state index in [2.05, 4.69) is 51.5 Å². The van der Waals surface area contributed by atoms with Gasteiger partial charge in [-0.1, -0.05) is 18.2 Å². The molecule has 8 heteroatoms. The Morgan fingerprint density at radius 3 is 2.74 bits per heavy atom. The predicted octanol–water partition coefficient (Wildman–Crippen LogP) is 3.01. The van der Waals surface area contributed by atoms with Crippen LogP contribution in [-0.2, 0) is 13.5 Å². The fourth-order valence-electron chi connectivity index (χ4n) is 4.07. The number of anilines is 1. The van der Waals surface area contributed by atoms with Crippen molar-refractivity contribution in [3.05, 3.63) is 62.0 Å². The zero-order valence-corrected chi connectivity index (χ0v) is 19.3. The first-order valence-electron chi connectivity index (χ1n) is 10.4. The Morgan fingerprint density at radius 1 is 1.23 bits per heavy atom. The highest BCUT2D eigenvalue weighted by Gasteiger charge is 2.25. The van der Waals surface area contributed by atoms with Gasteiger partial charge in [-0.2, -0.15) is 5.10 Å². The molecule has 4 rings (SSSR count). The van der Waals surface area contributed by atoms with Gasteiger partial charge in [0.15, 0.2) is 0 Å². The van der Waals surface area contributed by atoms with Crippen molar-refractivity contribution >= 4 is 22.9 Å². The molecule has 31 heavy (non-hydrogen) atoms. The maximum Gasteiger partial charge on any atom is 0.277 e. The fourth-order valence-corrected chi connectivity index (χ4v) is 5.14. The van der Waals surface area contributed by atoms with E-state index in [9.17, 15) is 9.59 Å². The molecule has 0 fully saturated rings. The first kappa shape index (κ1) is 21.2. The number of aromatic nitrogens is 3. The Morgan fingerprint density at radius 2 is 1.97 bits per heavy atom. The number of hydrogen-bond donors (Lipinski definition) is 1. The van der Waals surface area contributed by atoms with Crippen LogP contribution >= 0.6 is 11.3 Å². The molecule has 1 atom stereocenters. The second-order valence-electron chi connectivity index (χ2n) is 8.08. The molecule has 0 bridgehead atoms. The molecule has 1 aliphatic heterocycles. The lowest BCUT2D eigenvalue weighted by Crippen LogP contribution is -2.41. The summed E-state index contributed by atoms with van der Waals surface area (Å²) in [6.45, 7) is 9.16. The molecule has 1 amide bonds. The number of aryl methyl sites for hydroxylation is 3. The number of fused-ring (bicyclic) bond motifs is 1. The smallest absolute Gasteiger partial charge is 0.277 e. The number of nitrogens with zero attached hydrogens (tertiary/aromatic N) is 4. The quantitative estimate of drug-likeness (QED) is 0.664. The summed E-state index contributed by atoms with van der Waals surface area (Å²) in [5.41, 5.74) is 5.12. The highest BCUT2D eigenvalue weighted by atomic mass is 32.1. The molecule has 0 radical (unpaired) electrons. The normalized spacial score (nSPS) is 13.9. The van der Waals surface area contributed by atoms with Gasteiger partial charge in [-0.3, -0.25) is 9.59 Å². The lowest BCUT2D eigenvalue weighted by atomic mass is 10.1. The largest absolute Gasteiger partial charge is 0.366 e. The number of carbonyl (C=O) groups is 1. The Labute approximate surface area is 185 Å². The number of amides is 1. The Bertz CT molecular complexity index is 1210. The van der Waals surface area contributed by atoms with E-state index in [4.69, 9.17) is 0 Å². The Hall–Kier alpha value is -3.00. The molecule has 3 aromatic rings. The minimum Gasteiger partial charge on any atom is -0.366 e. The summed E-state index contributed by atoms with van der Waals surface area (Å²) in [6.07, 6.45) is 1.03. The highest BCUT2D eigenvalue weighted by molar-refractivity contribution is 7.17. The van der Waals surface area contributed by atoms with Crippen LogP contribution in [0, 0.1) is 20.8 Å². The van der Waals surface area contributed by atoms with E-state index in [1.807, 2.05) is 20.8 Å². The first-order valence-corrected chi connectivity index (χ1v) is 11.2. The number of nitrogens with one attached hydrogen (secondary N) is 1. The molecule has 0 aliphatic carbocycles. The summed E-state index contributed by atoms with van der Waals surface area (Å²) in [5, 5.41) is 7.84. The van der Waals surface area contributed by atoms with E-state index in [1.54, 1.807) is 7.05 Å². The molecule has 0 unspecified atom stereocenters. The van der Waals surface area contributed by atoms with Crippen LogP contribution in [0.5, 0.6) is 0 Å². The number of para-hydroxylation sites is 1. The number of thiazole rings is 1. The van der Waals surface area contributed by atoms with Gasteiger partial charge in [0, 0.05) is 31.9 Å². The van der Waals surface area contributed by atoms with Gasteiger partial charge in [-0.05, 0) is 51.3 Å². The maximum absolute atomic E-state index is 12.9. The van der Waals surface area contributed by atoms with Crippen molar-refractivity contribution in [2.45, 2.75) is 40.2 Å². The van der Waals surface area contributed by atoms with Crippen LogP contribution in [0.25, 0.3) is 10.6 Å². The van der Waals surface area contributed by atoms with Gasteiger partial charge in [0.05, 0.1) is 17.0 Å². The first-order chi connectivity index (χ1) is 14.8. The number of benzene rings is 1. The molecule has 1 N–H and O–H groups in total. The van der Waals surface area contributed by atoms with Crippen molar-refractivity contribution in [3.8, 4) is 10.6 Å². The molecule has 3 heterocycles. The van der Waals surface area contributed by atoms with Crippen LogP contribution in [0.4, 0.5) is 5.69 Å². The molecule has 0 spiro atoms. The van der Waals surface area contributed by atoms with Gasteiger partial charge in [0.25, 0.3) is 11.5 Å². The van der Waals surface area contributed by atoms with Gasteiger partial charge in [-0.25, -0.2) is 9.67 Å². The van der Waals surface area contributed by atoms with Gasteiger partial charge < -0.3 is 10.2 Å². The number of rotatable bonds is 5. The van der Waals surface area contributed by atoms with Crippen LogP contribution in [0.1, 0.15) is 39.1 Å². The summed E-state index contributed by atoms with van der Waals surface area (Å²) < 4.78 is 1.32. The van der Waals surface area contributed by atoms with Crippen molar-refractivity contribution in [1.82, 2.24) is 20.1 Å².